The van der Waals surface area contributed by atoms with Gasteiger partial charge in [-0.1, -0.05) is 63.4 Å². The van der Waals surface area contributed by atoms with Crippen LogP contribution in [0.2, 0.25) is 0 Å². The maximum Gasteiger partial charge on any atom is 0.408 e. The smallest absolute Gasteiger partial charge is 0.408 e. The van der Waals surface area contributed by atoms with Crippen LogP contribution in [-0.4, -0.2) is 34.2 Å². The molecule has 2 aromatic rings. The van der Waals surface area contributed by atoms with E-state index in [1.54, 1.807) is 6.92 Å². The van der Waals surface area contributed by atoms with Gasteiger partial charge in [0, 0.05) is 18.2 Å². The molecule has 1 saturated carbocycles. The molecule has 4 N–H and O–H groups in total. The number of H-pyrrole nitrogens is 1. The number of ether oxygens (including phenoxy) is 1. The average molecular weight is 538 g/mol. The predicted molar refractivity (Wildman–Crippen MR) is 157 cm³/mol. The van der Waals surface area contributed by atoms with Crippen LogP contribution in [0.5, 0.6) is 0 Å². The Bertz CT molecular complexity index is 996. The van der Waals surface area contributed by atoms with Crippen LogP contribution < -0.4 is 10.6 Å². The van der Waals surface area contributed by atoms with Crippen LogP contribution in [0, 0.1) is 37.0 Å². The Morgan fingerprint density at radius 1 is 1.13 bits per heavy atom. The molecule has 1 saturated heterocycles. The summed E-state index contributed by atoms with van der Waals surface area (Å²) in [4.78, 5) is 31.0. The summed E-state index contributed by atoms with van der Waals surface area (Å²) in [5, 5.41) is 13.1. The number of aryl methyl sites for hydroxylation is 1. The molecule has 2 heterocycles. The molecule has 4 rings (SSSR count). The largest absolute Gasteiger partial charge is 0.445 e. The van der Waals surface area contributed by atoms with Gasteiger partial charge in [-0.2, -0.15) is 0 Å². The molecule has 2 fully saturated rings. The summed E-state index contributed by atoms with van der Waals surface area (Å²) in [6.07, 6.45) is 18.1. The average Bonchev–Trinajstić information content (AvgIpc) is 3.41. The highest BCUT2D eigenvalue weighted by molar-refractivity contribution is 5.87. The van der Waals surface area contributed by atoms with Crippen LogP contribution in [0.4, 0.5) is 4.79 Å². The maximum absolute atomic E-state index is 12.3. The molecule has 1 aromatic carbocycles. The second kappa shape index (κ2) is 19.5. The van der Waals surface area contributed by atoms with Crippen molar-refractivity contribution in [3.05, 3.63) is 53.6 Å². The molecular weight excluding hydrogens is 490 g/mol. The van der Waals surface area contributed by atoms with Gasteiger partial charge in [-0.05, 0) is 57.4 Å². The summed E-state index contributed by atoms with van der Waals surface area (Å²) in [6.45, 7) is 8.77. The van der Waals surface area contributed by atoms with Crippen molar-refractivity contribution >= 4 is 17.7 Å². The molecule has 2 amide bonds. The molecule has 1 aliphatic heterocycles. The van der Waals surface area contributed by atoms with Crippen molar-refractivity contribution in [2.24, 2.45) is 11.8 Å². The number of hydrogen-bond acceptors (Lipinski definition) is 5. The monoisotopic (exact) mass is 537 g/mol. The lowest BCUT2D eigenvalue weighted by Gasteiger charge is -2.30. The Morgan fingerprint density at radius 2 is 1.79 bits per heavy atom. The van der Waals surface area contributed by atoms with E-state index in [0.717, 1.165) is 49.3 Å². The fraction of sp³-hybridized carbons (Fsp3) is 0.548. The number of aromatic nitrogens is 2. The number of alkyl carbamates (subject to hydrolysis) is 1. The van der Waals surface area contributed by atoms with E-state index >= 15 is 0 Å². The molecule has 8 heteroatoms. The van der Waals surface area contributed by atoms with E-state index in [1.165, 1.54) is 19.3 Å². The third-order valence-electron chi connectivity index (χ3n) is 6.62. The van der Waals surface area contributed by atoms with Gasteiger partial charge in [-0.25, -0.2) is 9.78 Å². The fourth-order valence-corrected chi connectivity index (χ4v) is 4.81. The SMILES string of the molecule is C#C.CC.CC(=N)CC1CCCNC1=O.Cc1ncc(C(NC(=O)OCc2ccccc2)C2CCCCC2)[nH]1. The Labute approximate surface area is 234 Å². The predicted octanol–water partition coefficient (Wildman–Crippen LogP) is 6.48. The van der Waals surface area contributed by atoms with Gasteiger partial charge >= 0.3 is 6.09 Å². The fourth-order valence-electron chi connectivity index (χ4n) is 4.81. The number of amides is 2. The van der Waals surface area contributed by atoms with Gasteiger partial charge in [0.05, 0.1) is 17.9 Å². The third kappa shape index (κ3) is 12.7. The molecule has 2 unspecified atom stereocenters. The molecule has 0 spiro atoms. The van der Waals surface area contributed by atoms with Crippen molar-refractivity contribution < 1.29 is 14.3 Å². The number of nitrogens with zero attached hydrogens (tertiary/aromatic N) is 1. The lowest BCUT2D eigenvalue weighted by molar-refractivity contribution is -0.126. The molecule has 214 valence electrons. The van der Waals surface area contributed by atoms with E-state index in [9.17, 15) is 9.59 Å². The van der Waals surface area contributed by atoms with Crippen LogP contribution in [0.25, 0.3) is 0 Å². The minimum absolute atomic E-state index is 0.0604. The Morgan fingerprint density at radius 3 is 2.36 bits per heavy atom. The van der Waals surface area contributed by atoms with Crippen LogP contribution in [0.1, 0.15) is 95.3 Å². The molecule has 2 atom stereocenters. The number of benzene rings is 1. The zero-order chi connectivity index (χ0) is 29.0. The molecule has 1 aliphatic carbocycles. The first-order chi connectivity index (χ1) is 18.9. The first kappa shape index (κ1) is 33.4. The van der Waals surface area contributed by atoms with E-state index in [-0.39, 0.29) is 30.6 Å². The van der Waals surface area contributed by atoms with Gasteiger partial charge in [0.1, 0.15) is 12.4 Å². The van der Waals surface area contributed by atoms with Crippen molar-refractivity contribution in [3.63, 3.8) is 0 Å². The van der Waals surface area contributed by atoms with E-state index in [4.69, 9.17) is 10.1 Å². The second-order valence-corrected chi connectivity index (χ2v) is 9.62. The number of imidazole rings is 1. The lowest BCUT2D eigenvalue weighted by Crippen LogP contribution is -2.37. The summed E-state index contributed by atoms with van der Waals surface area (Å²) < 4.78 is 5.39. The zero-order valence-electron chi connectivity index (χ0n) is 24.1. The van der Waals surface area contributed by atoms with Crippen LogP contribution in [-0.2, 0) is 16.1 Å². The summed E-state index contributed by atoms with van der Waals surface area (Å²) >= 11 is 0. The van der Waals surface area contributed by atoms with Crippen molar-refractivity contribution in [2.45, 2.75) is 91.7 Å². The normalized spacial score (nSPS) is 17.3. The molecule has 39 heavy (non-hydrogen) atoms. The van der Waals surface area contributed by atoms with Crippen molar-refractivity contribution in [3.8, 4) is 12.8 Å². The zero-order valence-corrected chi connectivity index (χ0v) is 24.1. The van der Waals surface area contributed by atoms with Crippen LogP contribution in [0.3, 0.4) is 0 Å². The highest BCUT2D eigenvalue weighted by Gasteiger charge is 2.28. The minimum Gasteiger partial charge on any atom is -0.445 e. The highest BCUT2D eigenvalue weighted by atomic mass is 16.5. The van der Waals surface area contributed by atoms with Gasteiger partial charge in [0.25, 0.3) is 0 Å². The topological polar surface area (TPSA) is 120 Å². The van der Waals surface area contributed by atoms with Gasteiger partial charge in [-0.15, -0.1) is 12.8 Å². The van der Waals surface area contributed by atoms with E-state index in [1.807, 2.05) is 57.3 Å². The summed E-state index contributed by atoms with van der Waals surface area (Å²) in [5.41, 5.74) is 2.56. The number of hydrogen-bond donors (Lipinski definition) is 4. The van der Waals surface area contributed by atoms with Crippen molar-refractivity contribution in [1.82, 2.24) is 20.6 Å². The molecule has 1 aromatic heterocycles. The number of carbonyl (C=O) groups excluding carboxylic acids is 2. The number of rotatable bonds is 7. The van der Waals surface area contributed by atoms with Crippen molar-refractivity contribution in [1.29, 1.82) is 5.41 Å². The number of piperidine rings is 1. The molecule has 8 nitrogen and oxygen atoms in total. The van der Waals surface area contributed by atoms with E-state index in [0.29, 0.717) is 18.1 Å². The Hall–Kier alpha value is -3.60. The molecular formula is C31H47N5O3. The Balaban J connectivity index is 0.000000425. The maximum atomic E-state index is 12.3. The number of terminal acetylenes is 1. The summed E-state index contributed by atoms with van der Waals surface area (Å²) in [5.74, 6) is 1.50. The number of aromatic amines is 1. The van der Waals surface area contributed by atoms with E-state index in [2.05, 4.69) is 33.4 Å². The summed E-state index contributed by atoms with van der Waals surface area (Å²) in [7, 11) is 0. The summed E-state index contributed by atoms with van der Waals surface area (Å²) in [6, 6.07) is 9.66. The molecule has 2 aliphatic rings. The highest BCUT2D eigenvalue weighted by Crippen LogP contribution is 2.34. The van der Waals surface area contributed by atoms with Crippen LogP contribution in [0.15, 0.2) is 36.5 Å². The van der Waals surface area contributed by atoms with Gasteiger partial charge < -0.3 is 25.8 Å². The number of carbonyl (C=O) groups is 2. The standard InChI is InChI=1S/C19H25N3O2.C8H14N2O.C2H6.C2H2/c1-14-20-12-17(21-14)18(16-10-6-3-7-11-16)22-19(23)24-13-15-8-4-2-5-9-15;1-6(9)5-7-3-2-4-10-8(7)11;2*1-2/h2,4-5,8-9,12,16,18H,3,6-7,10-11,13H2,1H3,(H,20,21)(H,22,23);7,9H,2-5H2,1H3,(H,10,11);1-2H3;1-2H. The van der Waals surface area contributed by atoms with Gasteiger partial charge in [0.2, 0.25) is 5.91 Å². The first-order valence-electron chi connectivity index (χ1n) is 14.1. The van der Waals surface area contributed by atoms with E-state index < -0.39 is 0 Å². The first-order valence-corrected chi connectivity index (χ1v) is 14.1. The lowest BCUT2D eigenvalue weighted by atomic mass is 9.83. The van der Waals surface area contributed by atoms with Crippen LogP contribution >= 0.6 is 0 Å². The van der Waals surface area contributed by atoms with Crippen molar-refractivity contribution in [2.75, 3.05) is 6.54 Å². The molecule has 0 bridgehead atoms. The third-order valence-corrected chi connectivity index (χ3v) is 6.62. The van der Waals surface area contributed by atoms with Gasteiger partial charge in [-0.3, -0.25) is 4.79 Å². The quantitative estimate of drug-likeness (QED) is 0.238. The second-order valence-electron chi connectivity index (χ2n) is 9.62. The Kier molecular flexibility index (Phi) is 16.7. The van der Waals surface area contributed by atoms with Gasteiger partial charge in [0.15, 0.2) is 0 Å². The number of nitrogens with one attached hydrogen (secondary N) is 4. The molecule has 0 radical (unpaired) electrons. The minimum atomic E-state index is -0.373.